The summed E-state index contributed by atoms with van der Waals surface area (Å²) in [7, 11) is 2.57. The summed E-state index contributed by atoms with van der Waals surface area (Å²) < 4.78 is 38.3. The van der Waals surface area contributed by atoms with E-state index in [4.69, 9.17) is 32.7 Å². The lowest BCUT2D eigenvalue weighted by atomic mass is 10.0. The van der Waals surface area contributed by atoms with E-state index in [1.165, 1.54) is 38.5 Å². The third-order valence-corrected chi connectivity index (χ3v) is 3.39. The van der Waals surface area contributed by atoms with Crippen molar-refractivity contribution in [3.63, 3.8) is 0 Å². The average Bonchev–Trinajstić information content (AvgIpc) is 2.41. The van der Waals surface area contributed by atoms with Crippen LogP contribution in [0, 0.1) is 11.6 Å². The van der Waals surface area contributed by atoms with Gasteiger partial charge in [-0.15, -0.1) is 0 Å². The Balaban J connectivity index is 2.70. The quantitative estimate of drug-likeness (QED) is 0.796. The summed E-state index contributed by atoms with van der Waals surface area (Å²) in [5, 5.41) is 0.213. The van der Waals surface area contributed by atoms with Crippen LogP contribution in [0.5, 0.6) is 11.5 Å². The van der Waals surface area contributed by atoms with Crippen LogP contribution in [0.4, 0.5) is 8.78 Å². The first kappa shape index (κ1) is 14.9. The first-order valence-electron chi connectivity index (χ1n) is 5.55. The van der Waals surface area contributed by atoms with Gasteiger partial charge in [-0.25, -0.2) is 8.78 Å². The number of methoxy groups -OCH3 is 2. The molecule has 0 fully saturated rings. The summed E-state index contributed by atoms with van der Waals surface area (Å²) in [6, 6.07) is 5.59. The van der Waals surface area contributed by atoms with Crippen LogP contribution in [0.3, 0.4) is 0 Å². The second kappa shape index (κ2) is 5.85. The van der Waals surface area contributed by atoms with Crippen molar-refractivity contribution in [2.24, 2.45) is 0 Å². The molecule has 6 heteroatoms. The Morgan fingerprint density at radius 1 is 0.750 bits per heavy atom. The summed E-state index contributed by atoms with van der Waals surface area (Å²) in [6.45, 7) is 0. The molecular weight excluding hydrogens is 309 g/mol. The van der Waals surface area contributed by atoms with Crippen LogP contribution in [0.25, 0.3) is 11.1 Å². The Morgan fingerprint density at radius 3 is 1.40 bits per heavy atom. The third kappa shape index (κ3) is 2.41. The fourth-order valence-corrected chi connectivity index (χ4v) is 2.30. The van der Waals surface area contributed by atoms with Crippen molar-refractivity contribution in [3.8, 4) is 22.6 Å². The highest BCUT2D eigenvalue weighted by atomic mass is 35.5. The van der Waals surface area contributed by atoms with Crippen LogP contribution < -0.4 is 9.47 Å². The second-order valence-electron chi connectivity index (χ2n) is 3.88. The molecule has 0 amide bonds. The molecule has 20 heavy (non-hydrogen) atoms. The van der Waals surface area contributed by atoms with E-state index >= 15 is 0 Å². The molecule has 0 aliphatic heterocycles. The molecular formula is C14H10Cl2F2O2. The van der Waals surface area contributed by atoms with Crippen LogP contribution in [0.1, 0.15) is 0 Å². The number of benzene rings is 2. The molecule has 2 aromatic carbocycles. The normalized spacial score (nSPS) is 10.5. The zero-order valence-electron chi connectivity index (χ0n) is 10.6. The van der Waals surface area contributed by atoms with Crippen LogP contribution in [0.2, 0.25) is 10.0 Å². The minimum absolute atomic E-state index is 0.0127. The SMILES string of the molecule is COc1c(Cl)ccc(-c2ccc(Cl)c(OC)c2F)c1F. The fraction of sp³-hybridized carbons (Fsp3) is 0.143. The van der Waals surface area contributed by atoms with E-state index in [1.54, 1.807) is 0 Å². The first-order valence-corrected chi connectivity index (χ1v) is 6.31. The summed E-state index contributed by atoms with van der Waals surface area (Å²) in [4.78, 5) is 0. The molecule has 2 rings (SSSR count). The molecule has 0 bridgehead atoms. The van der Waals surface area contributed by atoms with Crippen molar-refractivity contribution >= 4 is 23.2 Å². The summed E-state index contributed by atoms with van der Waals surface area (Å²) in [6.07, 6.45) is 0. The molecule has 2 aromatic rings. The van der Waals surface area contributed by atoms with Gasteiger partial charge in [-0.1, -0.05) is 23.2 Å². The van der Waals surface area contributed by atoms with Crippen molar-refractivity contribution in [1.82, 2.24) is 0 Å². The summed E-state index contributed by atoms with van der Waals surface area (Å²) >= 11 is 11.6. The molecule has 0 spiro atoms. The lowest BCUT2D eigenvalue weighted by Gasteiger charge is -2.12. The largest absolute Gasteiger partial charge is 0.492 e. The van der Waals surface area contributed by atoms with Crippen LogP contribution in [0.15, 0.2) is 24.3 Å². The summed E-state index contributed by atoms with van der Waals surface area (Å²) in [5.74, 6) is -1.78. The Morgan fingerprint density at radius 2 is 1.10 bits per heavy atom. The van der Waals surface area contributed by atoms with Gasteiger partial charge in [0.15, 0.2) is 23.1 Å². The molecule has 2 nitrogen and oxygen atoms in total. The smallest absolute Gasteiger partial charge is 0.174 e. The summed E-state index contributed by atoms with van der Waals surface area (Å²) in [5.41, 5.74) is 0.0254. The minimum Gasteiger partial charge on any atom is -0.492 e. The van der Waals surface area contributed by atoms with Gasteiger partial charge in [0, 0.05) is 11.1 Å². The first-order chi connectivity index (χ1) is 9.51. The van der Waals surface area contributed by atoms with Gasteiger partial charge in [0.2, 0.25) is 0 Å². The van der Waals surface area contributed by atoms with Gasteiger partial charge in [-0.3, -0.25) is 0 Å². The highest BCUT2D eigenvalue weighted by Crippen LogP contribution is 2.39. The predicted octanol–water partition coefficient (Wildman–Crippen LogP) is 4.96. The average molecular weight is 319 g/mol. The van der Waals surface area contributed by atoms with Gasteiger partial charge < -0.3 is 9.47 Å². The second-order valence-corrected chi connectivity index (χ2v) is 4.70. The lowest BCUT2D eigenvalue weighted by Crippen LogP contribution is -1.97. The van der Waals surface area contributed by atoms with E-state index in [0.29, 0.717) is 0 Å². The van der Waals surface area contributed by atoms with Crippen LogP contribution >= 0.6 is 23.2 Å². The minimum atomic E-state index is -0.747. The molecule has 0 atom stereocenters. The van der Waals surface area contributed by atoms with Gasteiger partial charge in [-0.2, -0.15) is 0 Å². The Kier molecular flexibility index (Phi) is 4.35. The molecule has 0 saturated heterocycles. The van der Waals surface area contributed by atoms with Gasteiger partial charge in [0.05, 0.1) is 24.3 Å². The van der Waals surface area contributed by atoms with Gasteiger partial charge >= 0.3 is 0 Å². The maximum Gasteiger partial charge on any atom is 0.174 e. The molecule has 0 N–H and O–H groups in total. The van der Waals surface area contributed by atoms with E-state index in [2.05, 4.69) is 0 Å². The van der Waals surface area contributed by atoms with Crippen LogP contribution in [-0.2, 0) is 0 Å². The van der Waals surface area contributed by atoms with Crippen molar-refractivity contribution in [2.45, 2.75) is 0 Å². The molecule has 0 radical (unpaired) electrons. The Labute approximate surface area is 124 Å². The lowest BCUT2D eigenvalue weighted by molar-refractivity contribution is 0.384. The van der Waals surface area contributed by atoms with Crippen molar-refractivity contribution < 1.29 is 18.3 Å². The molecule has 106 valence electrons. The monoisotopic (exact) mass is 318 g/mol. The van der Waals surface area contributed by atoms with E-state index in [9.17, 15) is 8.78 Å². The maximum atomic E-state index is 14.3. The number of rotatable bonds is 3. The fourth-order valence-electron chi connectivity index (χ4n) is 1.86. The van der Waals surface area contributed by atoms with Crippen molar-refractivity contribution in [1.29, 1.82) is 0 Å². The Hall–Kier alpha value is -1.52. The molecule has 0 saturated carbocycles. The molecule has 0 aliphatic carbocycles. The van der Waals surface area contributed by atoms with Crippen molar-refractivity contribution in [3.05, 3.63) is 45.9 Å². The van der Waals surface area contributed by atoms with Gasteiger partial charge in [0.1, 0.15) is 0 Å². The van der Waals surface area contributed by atoms with Gasteiger partial charge in [0.25, 0.3) is 0 Å². The highest BCUT2D eigenvalue weighted by Gasteiger charge is 2.20. The standard InChI is InChI=1S/C14H10Cl2F2O2/c1-19-13-9(15)5-3-7(11(13)17)8-4-6-10(16)14(20-2)12(8)18/h3-6H,1-2H3. The topological polar surface area (TPSA) is 18.5 Å². The molecule has 0 aromatic heterocycles. The maximum absolute atomic E-state index is 14.3. The van der Waals surface area contributed by atoms with Gasteiger partial charge in [-0.05, 0) is 24.3 Å². The number of halogens is 4. The number of hydrogen-bond acceptors (Lipinski definition) is 2. The molecule has 0 unspecified atom stereocenters. The zero-order valence-corrected chi connectivity index (χ0v) is 12.1. The van der Waals surface area contributed by atoms with E-state index in [-0.39, 0.29) is 32.7 Å². The van der Waals surface area contributed by atoms with Crippen LogP contribution in [-0.4, -0.2) is 14.2 Å². The predicted molar refractivity (Wildman–Crippen MR) is 74.9 cm³/mol. The van der Waals surface area contributed by atoms with E-state index < -0.39 is 11.6 Å². The third-order valence-electron chi connectivity index (χ3n) is 2.80. The van der Waals surface area contributed by atoms with E-state index in [1.807, 2.05) is 0 Å². The van der Waals surface area contributed by atoms with Crippen molar-refractivity contribution in [2.75, 3.05) is 14.2 Å². The zero-order chi connectivity index (χ0) is 14.9. The Bertz CT molecular complexity index is 603. The number of ether oxygens (including phenoxy) is 2. The number of hydrogen-bond donors (Lipinski definition) is 0. The molecule has 0 heterocycles. The highest BCUT2D eigenvalue weighted by molar-refractivity contribution is 6.32. The molecule has 0 aliphatic rings. The van der Waals surface area contributed by atoms with E-state index in [0.717, 1.165) is 0 Å².